The van der Waals surface area contributed by atoms with Crippen LogP contribution in [0.25, 0.3) is 11.3 Å². The number of aryl methyl sites for hydroxylation is 1. The van der Waals surface area contributed by atoms with E-state index in [1.165, 1.54) is 19.2 Å². The van der Waals surface area contributed by atoms with Gasteiger partial charge in [-0.3, -0.25) is 9.59 Å². The molecule has 1 heterocycles. The predicted octanol–water partition coefficient (Wildman–Crippen LogP) is 4.93. The molecule has 14 heteroatoms. The van der Waals surface area contributed by atoms with Crippen LogP contribution in [0.1, 0.15) is 42.2 Å². The van der Waals surface area contributed by atoms with Crippen LogP contribution in [0.4, 0.5) is 23.2 Å². The molecule has 2 aliphatic rings. The van der Waals surface area contributed by atoms with Crippen molar-refractivity contribution in [2.45, 2.75) is 49.1 Å². The first-order valence-electron chi connectivity index (χ1n) is 13.6. The number of anilines is 1. The Bertz CT molecular complexity index is 1660. The number of amides is 2. The van der Waals surface area contributed by atoms with Crippen LogP contribution in [0, 0.1) is 23.6 Å². The molecule has 3 aromatic rings. The number of hydrogen-bond acceptors (Lipinski definition) is 7. The molecule has 9 nitrogen and oxygen atoms in total. The number of halogens is 4. The Kier molecular flexibility index (Phi) is 8.16. The molecule has 0 spiro atoms. The van der Waals surface area contributed by atoms with Crippen molar-refractivity contribution in [3.05, 3.63) is 65.6 Å². The van der Waals surface area contributed by atoms with E-state index in [4.69, 9.17) is 4.74 Å². The maximum absolute atomic E-state index is 15.0. The standard InChI is InChI=1S/C29H28F4N4O5S/c1-3-17-9-10-23(37-36-17)20-13-21(24(42-2)14-22(20)30)27(38)35-26-16-8-7-15(11-16)25(26)28(39)34-18-5-4-6-19(12-18)43(40,41)29(31,32)33/h4-6,9-10,12-16,25-26H,3,7-8,11H2,1-2H3,(H,34,39)(H,35,38)/t15-,16+,25+,26-/m1/s1. The number of carbonyl (C=O) groups excluding carboxylic acids is 2. The molecule has 0 saturated heterocycles. The number of ether oxygens (including phenoxy) is 1. The van der Waals surface area contributed by atoms with E-state index in [1.807, 2.05) is 6.92 Å². The summed E-state index contributed by atoms with van der Waals surface area (Å²) in [6.07, 6.45) is 2.76. The third-order valence-corrected chi connectivity index (χ3v) is 9.61. The van der Waals surface area contributed by atoms with Crippen LogP contribution in [0.5, 0.6) is 5.75 Å². The largest absolute Gasteiger partial charge is 0.501 e. The quantitative estimate of drug-likeness (QED) is 0.342. The van der Waals surface area contributed by atoms with Gasteiger partial charge in [0.2, 0.25) is 5.91 Å². The molecular formula is C29H28F4N4O5S. The van der Waals surface area contributed by atoms with Gasteiger partial charge in [0.15, 0.2) is 0 Å². The molecular weight excluding hydrogens is 592 g/mol. The Morgan fingerprint density at radius 3 is 2.44 bits per heavy atom. The van der Waals surface area contributed by atoms with Crippen LogP contribution in [0.2, 0.25) is 0 Å². The lowest BCUT2D eigenvalue weighted by molar-refractivity contribution is -0.122. The molecule has 43 heavy (non-hydrogen) atoms. The number of benzene rings is 2. The smallest absolute Gasteiger partial charge is 0.496 e. The summed E-state index contributed by atoms with van der Waals surface area (Å²) in [5.41, 5.74) is -4.63. The van der Waals surface area contributed by atoms with Crippen molar-refractivity contribution >= 4 is 27.3 Å². The minimum absolute atomic E-state index is 0.0206. The number of hydrogen-bond donors (Lipinski definition) is 2. The van der Waals surface area contributed by atoms with Gasteiger partial charge < -0.3 is 15.4 Å². The molecule has 5 rings (SSSR count). The minimum atomic E-state index is -5.61. The highest BCUT2D eigenvalue weighted by atomic mass is 32.2. The Hall–Kier alpha value is -4.07. The first-order valence-corrected chi connectivity index (χ1v) is 15.1. The summed E-state index contributed by atoms with van der Waals surface area (Å²) in [4.78, 5) is 26.0. The van der Waals surface area contributed by atoms with Gasteiger partial charge in [-0.15, -0.1) is 0 Å². The normalized spacial score (nSPS) is 21.4. The second-order valence-corrected chi connectivity index (χ2v) is 12.6. The molecule has 4 atom stereocenters. The molecule has 2 N–H and O–H groups in total. The molecule has 2 aliphatic carbocycles. The maximum Gasteiger partial charge on any atom is 0.501 e. The number of nitrogens with one attached hydrogen (secondary N) is 2. The number of aromatic nitrogens is 2. The summed E-state index contributed by atoms with van der Waals surface area (Å²) in [7, 11) is -4.32. The second kappa shape index (κ2) is 11.5. The summed E-state index contributed by atoms with van der Waals surface area (Å²) >= 11 is 0. The monoisotopic (exact) mass is 620 g/mol. The van der Waals surface area contributed by atoms with Crippen LogP contribution in [0.3, 0.4) is 0 Å². The number of carbonyl (C=O) groups is 2. The molecule has 0 unspecified atom stereocenters. The van der Waals surface area contributed by atoms with Gasteiger partial charge in [-0.1, -0.05) is 13.0 Å². The molecule has 228 valence electrons. The van der Waals surface area contributed by atoms with Crippen molar-refractivity contribution in [1.82, 2.24) is 15.5 Å². The van der Waals surface area contributed by atoms with E-state index >= 15 is 0 Å². The van der Waals surface area contributed by atoms with E-state index in [-0.39, 0.29) is 40.1 Å². The van der Waals surface area contributed by atoms with Gasteiger partial charge in [0.25, 0.3) is 15.7 Å². The molecule has 2 bridgehead atoms. The van der Waals surface area contributed by atoms with Crippen molar-refractivity contribution in [3.63, 3.8) is 0 Å². The van der Waals surface area contributed by atoms with Gasteiger partial charge in [0, 0.05) is 23.4 Å². The minimum Gasteiger partial charge on any atom is -0.496 e. The number of fused-ring (bicyclic) bond motifs is 2. The Balaban J connectivity index is 1.39. The fourth-order valence-electron chi connectivity index (χ4n) is 6.00. The van der Waals surface area contributed by atoms with E-state index in [9.17, 15) is 35.6 Å². The van der Waals surface area contributed by atoms with Crippen LogP contribution < -0.4 is 15.4 Å². The van der Waals surface area contributed by atoms with Crippen LogP contribution in [0.15, 0.2) is 53.4 Å². The number of rotatable bonds is 8. The van der Waals surface area contributed by atoms with Crippen molar-refractivity contribution in [1.29, 1.82) is 0 Å². The number of alkyl halides is 3. The topological polar surface area (TPSA) is 127 Å². The van der Waals surface area contributed by atoms with Gasteiger partial charge in [0.05, 0.1) is 34.9 Å². The van der Waals surface area contributed by atoms with E-state index in [1.54, 1.807) is 12.1 Å². The fraction of sp³-hybridized carbons (Fsp3) is 0.379. The second-order valence-electron chi connectivity index (χ2n) is 10.6. The summed E-state index contributed by atoms with van der Waals surface area (Å²) in [5.74, 6) is -2.73. The summed E-state index contributed by atoms with van der Waals surface area (Å²) in [6, 6.07) is 9.01. The van der Waals surface area contributed by atoms with Crippen LogP contribution in [-0.2, 0) is 21.1 Å². The first-order chi connectivity index (χ1) is 20.3. The summed E-state index contributed by atoms with van der Waals surface area (Å²) < 4.78 is 83.1. The van der Waals surface area contributed by atoms with Gasteiger partial charge in [-0.05, 0) is 73.9 Å². The van der Waals surface area contributed by atoms with Gasteiger partial charge in [0.1, 0.15) is 11.6 Å². The van der Waals surface area contributed by atoms with E-state index in [0.29, 0.717) is 25.0 Å². The lowest BCUT2D eigenvalue weighted by Crippen LogP contribution is -2.48. The van der Waals surface area contributed by atoms with Crippen molar-refractivity contribution < 1.29 is 40.3 Å². The SMILES string of the molecule is CCc1ccc(-c2cc(C(=O)N[C@@H]3[C@H]4CC[C@H](C4)[C@@H]3C(=O)Nc3cccc(S(=O)(=O)C(F)(F)F)c3)c(OC)cc2F)nn1. The third-order valence-electron chi connectivity index (χ3n) is 8.13. The summed E-state index contributed by atoms with van der Waals surface area (Å²) in [5, 5.41) is 13.6. The van der Waals surface area contributed by atoms with Gasteiger partial charge in [-0.25, -0.2) is 12.8 Å². The Labute approximate surface area is 245 Å². The molecule has 2 fully saturated rings. The molecule has 2 amide bonds. The van der Waals surface area contributed by atoms with Crippen LogP contribution >= 0.6 is 0 Å². The van der Waals surface area contributed by atoms with E-state index in [0.717, 1.165) is 30.7 Å². The molecule has 0 radical (unpaired) electrons. The maximum atomic E-state index is 15.0. The highest BCUT2D eigenvalue weighted by molar-refractivity contribution is 7.92. The van der Waals surface area contributed by atoms with Crippen LogP contribution in [-0.4, -0.2) is 49.1 Å². The zero-order valence-electron chi connectivity index (χ0n) is 23.1. The van der Waals surface area contributed by atoms with Gasteiger partial charge >= 0.3 is 5.51 Å². The number of sulfone groups is 1. The van der Waals surface area contributed by atoms with Crippen molar-refractivity contribution in [2.24, 2.45) is 17.8 Å². The zero-order chi connectivity index (χ0) is 31.1. The fourth-order valence-corrected chi connectivity index (χ4v) is 6.80. The average Bonchev–Trinajstić information content (AvgIpc) is 3.58. The zero-order valence-corrected chi connectivity index (χ0v) is 23.9. The van der Waals surface area contributed by atoms with Crippen molar-refractivity contribution in [3.8, 4) is 17.0 Å². The summed E-state index contributed by atoms with van der Waals surface area (Å²) in [6.45, 7) is 1.90. The molecule has 0 aliphatic heterocycles. The van der Waals surface area contributed by atoms with E-state index < -0.39 is 49.8 Å². The third kappa shape index (κ3) is 5.79. The predicted molar refractivity (Wildman–Crippen MR) is 147 cm³/mol. The lowest BCUT2D eigenvalue weighted by atomic mass is 9.83. The molecule has 1 aromatic heterocycles. The Morgan fingerprint density at radius 1 is 1.05 bits per heavy atom. The number of methoxy groups -OCH3 is 1. The highest BCUT2D eigenvalue weighted by Crippen LogP contribution is 2.49. The van der Waals surface area contributed by atoms with Gasteiger partial charge in [-0.2, -0.15) is 23.4 Å². The molecule has 2 aromatic carbocycles. The highest BCUT2D eigenvalue weighted by Gasteiger charge is 2.52. The lowest BCUT2D eigenvalue weighted by Gasteiger charge is -2.31. The average molecular weight is 621 g/mol. The molecule has 2 saturated carbocycles. The van der Waals surface area contributed by atoms with Crippen molar-refractivity contribution in [2.75, 3.05) is 12.4 Å². The number of nitrogens with zero attached hydrogens (tertiary/aromatic N) is 2. The Morgan fingerprint density at radius 2 is 1.79 bits per heavy atom. The first kappa shape index (κ1) is 30.4. The van der Waals surface area contributed by atoms with E-state index in [2.05, 4.69) is 20.8 Å².